The molecule has 1 aromatic rings. The van der Waals surface area contributed by atoms with Gasteiger partial charge in [0.2, 0.25) is 0 Å². The minimum atomic E-state index is 0.889. The molecule has 0 spiro atoms. The Morgan fingerprint density at radius 2 is 2.27 bits per heavy atom. The Kier molecular flexibility index (Phi) is 1.75. The van der Waals surface area contributed by atoms with Gasteiger partial charge in [-0.15, -0.1) is 0 Å². The van der Waals surface area contributed by atoms with Crippen LogP contribution in [0.5, 0.6) is 5.75 Å². The fourth-order valence-electron chi connectivity index (χ4n) is 2.00. The average Bonchev–Trinajstić information content (AvgIpc) is 2.66. The first-order chi connectivity index (χ1) is 7.38. The fraction of sp³-hybridized carbons (Fsp3) is 0.154. The molecule has 0 unspecified atom stereocenters. The molecule has 0 saturated heterocycles. The highest BCUT2D eigenvalue weighted by molar-refractivity contribution is 6.30. The van der Waals surface area contributed by atoms with E-state index in [1.807, 2.05) is 12.1 Å². The van der Waals surface area contributed by atoms with Gasteiger partial charge in [-0.3, -0.25) is 4.99 Å². The minimum absolute atomic E-state index is 0.889. The van der Waals surface area contributed by atoms with Gasteiger partial charge in [0.25, 0.3) is 0 Å². The summed E-state index contributed by atoms with van der Waals surface area (Å²) in [5, 5.41) is 0. The van der Waals surface area contributed by atoms with E-state index >= 15 is 0 Å². The van der Waals surface area contributed by atoms with E-state index < -0.39 is 0 Å². The largest absolute Gasteiger partial charge is 0.497 e. The van der Waals surface area contributed by atoms with Crippen molar-refractivity contribution >= 4 is 17.0 Å². The maximum atomic E-state index is 5.22. The number of aliphatic imine (C=N–C) groups is 1. The summed E-state index contributed by atoms with van der Waals surface area (Å²) in [6.45, 7) is 0. The Morgan fingerprint density at radius 3 is 3.13 bits per heavy atom. The number of hydrogen-bond acceptors (Lipinski definition) is 2. The Bertz CT molecular complexity index is 509. The van der Waals surface area contributed by atoms with Crippen LogP contribution in [0.15, 0.2) is 41.4 Å². The van der Waals surface area contributed by atoms with Crippen molar-refractivity contribution in [2.45, 2.75) is 6.42 Å². The number of fused-ring (bicyclic) bond motifs is 3. The predicted octanol–water partition coefficient (Wildman–Crippen LogP) is 3.12. The first-order valence-electron chi connectivity index (χ1n) is 5.01. The van der Waals surface area contributed by atoms with Crippen molar-refractivity contribution < 1.29 is 4.74 Å². The van der Waals surface area contributed by atoms with Gasteiger partial charge in [0, 0.05) is 17.6 Å². The monoisotopic (exact) mass is 197 g/mol. The summed E-state index contributed by atoms with van der Waals surface area (Å²) in [6, 6.07) is 6.02. The number of rotatable bonds is 1. The highest BCUT2D eigenvalue weighted by Crippen LogP contribution is 2.39. The number of methoxy groups -OCH3 is 1. The molecule has 0 fully saturated rings. The molecule has 1 heterocycles. The third-order valence-electron chi connectivity index (χ3n) is 2.77. The van der Waals surface area contributed by atoms with E-state index in [0.717, 1.165) is 17.9 Å². The molecule has 1 aliphatic heterocycles. The van der Waals surface area contributed by atoms with Crippen molar-refractivity contribution in [3.63, 3.8) is 0 Å². The molecule has 3 rings (SSSR count). The summed E-state index contributed by atoms with van der Waals surface area (Å²) in [4.78, 5) is 4.59. The van der Waals surface area contributed by atoms with E-state index in [9.17, 15) is 0 Å². The molecule has 1 aromatic carbocycles. The molecule has 0 saturated carbocycles. The molecule has 15 heavy (non-hydrogen) atoms. The number of nitrogens with zero attached hydrogens (tertiary/aromatic N) is 1. The lowest BCUT2D eigenvalue weighted by Gasteiger charge is -2.06. The second kappa shape index (κ2) is 3.09. The smallest absolute Gasteiger partial charge is 0.119 e. The van der Waals surface area contributed by atoms with E-state index in [-0.39, 0.29) is 0 Å². The van der Waals surface area contributed by atoms with Gasteiger partial charge >= 0.3 is 0 Å². The van der Waals surface area contributed by atoms with Gasteiger partial charge in [-0.25, -0.2) is 0 Å². The summed E-state index contributed by atoms with van der Waals surface area (Å²) in [6.07, 6.45) is 7.27. The molecule has 0 N–H and O–H groups in total. The standard InChI is InChI=1S/C13H11NO/c1-15-9-6-7-13-11(8-9)10-4-2-3-5-12(10)14-13/h2-4,6-8H,5H2,1H3. The molecular formula is C13H11NO. The zero-order valence-corrected chi connectivity index (χ0v) is 8.53. The summed E-state index contributed by atoms with van der Waals surface area (Å²) >= 11 is 0. The van der Waals surface area contributed by atoms with E-state index in [1.54, 1.807) is 7.11 Å². The highest BCUT2D eigenvalue weighted by atomic mass is 16.5. The van der Waals surface area contributed by atoms with Crippen LogP contribution in [-0.4, -0.2) is 12.8 Å². The zero-order chi connectivity index (χ0) is 10.3. The van der Waals surface area contributed by atoms with Crippen molar-refractivity contribution in [3.8, 4) is 5.75 Å². The highest BCUT2D eigenvalue weighted by Gasteiger charge is 2.21. The van der Waals surface area contributed by atoms with Gasteiger partial charge in [-0.2, -0.15) is 0 Å². The van der Waals surface area contributed by atoms with Crippen LogP contribution in [0.1, 0.15) is 12.0 Å². The first-order valence-corrected chi connectivity index (χ1v) is 5.01. The van der Waals surface area contributed by atoms with Crippen LogP contribution in [0.25, 0.3) is 5.57 Å². The van der Waals surface area contributed by atoms with Crippen molar-refractivity contribution in [3.05, 3.63) is 42.0 Å². The van der Waals surface area contributed by atoms with Crippen LogP contribution in [0.4, 0.5) is 5.69 Å². The van der Waals surface area contributed by atoms with Crippen LogP contribution < -0.4 is 4.74 Å². The van der Waals surface area contributed by atoms with E-state index in [4.69, 9.17) is 4.74 Å². The van der Waals surface area contributed by atoms with Crippen LogP contribution in [0.2, 0.25) is 0 Å². The molecule has 0 atom stereocenters. The third kappa shape index (κ3) is 1.22. The second-order valence-corrected chi connectivity index (χ2v) is 3.65. The molecule has 0 bridgehead atoms. The molecule has 2 nitrogen and oxygen atoms in total. The van der Waals surface area contributed by atoms with Crippen LogP contribution >= 0.6 is 0 Å². The van der Waals surface area contributed by atoms with Gasteiger partial charge in [0.05, 0.1) is 18.5 Å². The van der Waals surface area contributed by atoms with E-state index in [2.05, 4.69) is 29.3 Å². The SMILES string of the molecule is COc1ccc2c(c1)C1=CC=CCC1=N2. The van der Waals surface area contributed by atoms with Gasteiger partial charge < -0.3 is 4.74 Å². The number of ether oxygens (including phenoxy) is 1. The number of allylic oxidation sites excluding steroid dienone is 4. The van der Waals surface area contributed by atoms with Crippen molar-refractivity contribution in [1.29, 1.82) is 0 Å². The van der Waals surface area contributed by atoms with Gasteiger partial charge in [0.1, 0.15) is 5.75 Å². The van der Waals surface area contributed by atoms with Crippen LogP contribution in [-0.2, 0) is 0 Å². The van der Waals surface area contributed by atoms with Crippen LogP contribution in [0.3, 0.4) is 0 Å². The molecule has 2 aliphatic rings. The summed E-state index contributed by atoms with van der Waals surface area (Å²) in [7, 11) is 1.69. The van der Waals surface area contributed by atoms with Crippen LogP contribution in [0, 0.1) is 0 Å². The lowest BCUT2D eigenvalue weighted by molar-refractivity contribution is 0.415. The summed E-state index contributed by atoms with van der Waals surface area (Å²) < 4.78 is 5.22. The first kappa shape index (κ1) is 8.48. The summed E-state index contributed by atoms with van der Waals surface area (Å²) in [5.41, 5.74) is 4.65. The maximum Gasteiger partial charge on any atom is 0.119 e. The molecule has 0 aromatic heterocycles. The number of benzene rings is 1. The van der Waals surface area contributed by atoms with Crippen molar-refractivity contribution in [2.24, 2.45) is 4.99 Å². The van der Waals surface area contributed by atoms with Gasteiger partial charge in [0.15, 0.2) is 0 Å². The maximum absolute atomic E-state index is 5.22. The molecule has 1 aliphatic carbocycles. The molecule has 2 heteroatoms. The molecule has 0 radical (unpaired) electrons. The van der Waals surface area contributed by atoms with E-state index in [1.165, 1.54) is 16.8 Å². The average molecular weight is 197 g/mol. The summed E-state index contributed by atoms with van der Waals surface area (Å²) in [5.74, 6) is 0.889. The second-order valence-electron chi connectivity index (χ2n) is 3.65. The Balaban J connectivity index is 2.17. The Hall–Kier alpha value is -1.83. The van der Waals surface area contributed by atoms with Gasteiger partial charge in [-0.05, 0) is 18.2 Å². The normalized spacial score (nSPS) is 16.6. The molecule has 74 valence electrons. The third-order valence-corrected chi connectivity index (χ3v) is 2.77. The lowest BCUT2D eigenvalue weighted by atomic mass is 9.97. The van der Waals surface area contributed by atoms with Gasteiger partial charge in [-0.1, -0.05) is 18.2 Å². The zero-order valence-electron chi connectivity index (χ0n) is 8.53. The Morgan fingerprint density at radius 1 is 1.33 bits per heavy atom. The molecule has 0 amide bonds. The lowest BCUT2D eigenvalue weighted by Crippen LogP contribution is -1.98. The minimum Gasteiger partial charge on any atom is -0.497 e. The molecular weight excluding hydrogens is 186 g/mol. The van der Waals surface area contributed by atoms with E-state index in [0.29, 0.717) is 0 Å². The fourth-order valence-corrected chi connectivity index (χ4v) is 2.00. The predicted molar refractivity (Wildman–Crippen MR) is 61.8 cm³/mol. The van der Waals surface area contributed by atoms with Crippen molar-refractivity contribution in [2.75, 3.05) is 7.11 Å². The number of hydrogen-bond donors (Lipinski definition) is 0. The topological polar surface area (TPSA) is 21.6 Å². The quantitative estimate of drug-likeness (QED) is 0.677. The van der Waals surface area contributed by atoms with Crippen molar-refractivity contribution in [1.82, 2.24) is 0 Å². The Labute approximate surface area is 88.6 Å².